The maximum atomic E-state index is 13.8. The van der Waals surface area contributed by atoms with Gasteiger partial charge in [0.05, 0.1) is 26.7 Å². The molecule has 4 aromatic rings. The summed E-state index contributed by atoms with van der Waals surface area (Å²) in [6, 6.07) is 7.30. The van der Waals surface area contributed by atoms with Crippen molar-refractivity contribution in [2.75, 3.05) is 25.8 Å². The number of nitrogens with two attached hydrogens (primary N) is 1. The van der Waals surface area contributed by atoms with Crippen LogP contribution in [0.4, 0.5) is 5.95 Å². The number of aromatic nitrogens is 4. The van der Waals surface area contributed by atoms with E-state index in [1.807, 2.05) is 36.4 Å². The molecule has 14 nitrogen and oxygen atoms in total. The normalized spacial score (nSPS) is 16.4. The molecule has 2 unspecified atom stereocenters. The third kappa shape index (κ3) is 7.17. The first kappa shape index (κ1) is 29.7. The van der Waals surface area contributed by atoms with Gasteiger partial charge < -0.3 is 33.1 Å². The van der Waals surface area contributed by atoms with Gasteiger partial charge in [0.1, 0.15) is 18.7 Å². The summed E-state index contributed by atoms with van der Waals surface area (Å²) in [5.74, 6) is -0.206. The fourth-order valence-corrected chi connectivity index (χ4v) is 5.87. The topological polar surface area (TPSA) is 187 Å². The van der Waals surface area contributed by atoms with Crippen molar-refractivity contribution >= 4 is 40.6 Å². The first-order valence-corrected chi connectivity index (χ1v) is 15.2. The van der Waals surface area contributed by atoms with Crippen molar-refractivity contribution in [1.29, 1.82) is 0 Å². The van der Waals surface area contributed by atoms with Gasteiger partial charge in [-0.25, -0.2) is 9.78 Å². The van der Waals surface area contributed by atoms with Crippen LogP contribution >= 0.6 is 23.5 Å². The number of H-pyrrole nitrogens is 1. The fourth-order valence-electron chi connectivity index (χ4n) is 4.19. The van der Waals surface area contributed by atoms with E-state index in [2.05, 4.69) is 30.9 Å². The number of nitrogens with one attached hydrogen (secondary N) is 1. The molecule has 3 N–H and O–H groups in total. The van der Waals surface area contributed by atoms with Crippen molar-refractivity contribution in [3.8, 4) is 0 Å². The molecule has 16 heteroatoms. The van der Waals surface area contributed by atoms with Crippen LogP contribution in [0.5, 0.6) is 0 Å². The number of aromatic amines is 1. The van der Waals surface area contributed by atoms with Gasteiger partial charge in [-0.15, -0.1) is 0 Å². The third-order valence-corrected chi connectivity index (χ3v) is 8.28. The van der Waals surface area contributed by atoms with Crippen LogP contribution in [-0.2, 0) is 42.8 Å². The maximum absolute atomic E-state index is 13.8. The highest BCUT2D eigenvalue weighted by Crippen LogP contribution is 2.50. The lowest BCUT2D eigenvalue weighted by Gasteiger charge is -2.19. The number of allylic oxidation sites excluding steroid dienone is 3. The van der Waals surface area contributed by atoms with Gasteiger partial charge in [0.15, 0.2) is 22.7 Å². The van der Waals surface area contributed by atoms with Crippen molar-refractivity contribution in [3.63, 3.8) is 0 Å². The Bertz CT molecular complexity index is 1790. The van der Waals surface area contributed by atoms with Crippen LogP contribution < -0.4 is 17.1 Å². The van der Waals surface area contributed by atoms with Crippen LogP contribution in [-0.4, -0.2) is 39.6 Å². The van der Waals surface area contributed by atoms with E-state index < -0.39 is 25.3 Å². The Hall–Kier alpha value is -3.75. The molecule has 1 aromatic carbocycles. The molecule has 5 rings (SSSR count). The molecule has 2 atom stereocenters. The van der Waals surface area contributed by atoms with Crippen molar-refractivity contribution in [3.05, 3.63) is 97.1 Å². The van der Waals surface area contributed by atoms with E-state index in [0.717, 1.165) is 10.0 Å². The van der Waals surface area contributed by atoms with E-state index in [0.29, 0.717) is 12.2 Å². The number of anilines is 1. The number of halogens is 1. The Kier molecular flexibility index (Phi) is 9.24. The summed E-state index contributed by atoms with van der Waals surface area (Å²) in [6.07, 6.45) is 6.96. The van der Waals surface area contributed by atoms with Gasteiger partial charge in [-0.3, -0.25) is 18.9 Å². The quantitative estimate of drug-likeness (QED) is 0.154. The molecule has 0 fully saturated rings. The largest absolute Gasteiger partial charge is 0.519 e. The van der Waals surface area contributed by atoms with E-state index in [4.69, 9.17) is 33.1 Å². The number of methoxy groups -OCH3 is 1. The second-order valence-electron chi connectivity index (χ2n) is 9.14. The van der Waals surface area contributed by atoms with E-state index in [-0.39, 0.29) is 60.9 Å². The lowest BCUT2D eigenvalue weighted by molar-refractivity contribution is 0.114. The molecule has 0 spiro atoms. The van der Waals surface area contributed by atoms with Crippen molar-refractivity contribution in [1.82, 2.24) is 19.5 Å². The number of imidazole rings is 1. The van der Waals surface area contributed by atoms with Gasteiger partial charge >= 0.3 is 13.4 Å². The molecule has 1 aliphatic rings. The van der Waals surface area contributed by atoms with Gasteiger partial charge in [-0.1, -0.05) is 34.1 Å². The Morgan fingerprint density at radius 1 is 1.24 bits per heavy atom. The highest BCUT2D eigenvalue weighted by molar-refractivity contribution is 9.10. The first-order valence-electron chi connectivity index (χ1n) is 12.7. The Labute approximate surface area is 246 Å². The van der Waals surface area contributed by atoms with E-state index in [1.54, 1.807) is 17.8 Å². The van der Waals surface area contributed by atoms with Crippen molar-refractivity contribution in [2.24, 2.45) is 0 Å². The summed E-state index contributed by atoms with van der Waals surface area (Å²) in [7, 11) is -2.35. The monoisotopic (exact) mass is 663 g/mol. The second-order valence-corrected chi connectivity index (χ2v) is 12.1. The summed E-state index contributed by atoms with van der Waals surface area (Å²) in [6.45, 7) is -0.107. The number of nitrogen functional groups attached to an aromatic ring is 1. The number of benzene rings is 1. The molecule has 0 aliphatic heterocycles. The average molecular weight is 664 g/mol. The molecule has 0 saturated carbocycles. The number of hydrogen-bond donors (Lipinski definition) is 2. The van der Waals surface area contributed by atoms with Gasteiger partial charge in [-0.05, 0) is 36.3 Å². The minimum absolute atomic E-state index is 0.0314. The maximum Gasteiger partial charge on any atom is 0.519 e. The standard InChI is InChI=1S/C26H27BrN5O9P/c1-36-19-7-5-17(6-8-19)22-20(40-26(34)41-22)13-39-42(35,38-12-16-3-2-4-18(27)11-16)15-37-10-9-32-14-29-21-23(32)30-25(28)31-24(21)33/h2-5,7-8,11,14,17H,6,9-10,12-13,15H2,1H3,(H3,28,30,31,33). The molecule has 0 saturated heterocycles. The minimum Gasteiger partial charge on any atom is -0.497 e. The minimum atomic E-state index is -3.91. The Morgan fingerprint density at radius 2 is 2.07 bits per heavy atom. The lowest BCUT2D eigenvalue weighted by atomic mass is 9.96. The first-order chi connectivity index (χ1) is 20.2. The predicted molar refractivity (Wildman–Crippen MR) is 154 cm³/mol. The molecule has 1 aliphatic carbocycles. The molecule has 222 valence electrons. The zero-order valence-electron chi connectivity index (χ0n) is 22.4. The summed E-state index contributed by atoms with van der Waals surface area (Å²) in [5.41, 5.74) is 6.36. The SMILES string of the molecule is COC1=CCC(c2oc(=O)oc2COP(=O)(COCCn2cnc3c(=O)[nH]c(N)nc32)OCc2cccc(Br)c2)C=C1. The fraction of sp³-hybridized carbons (Fsp3) is 0.308. The van der Waals surface area contributed by atoms with Crippen LogP contribution in [0.1, 0.15) is 29.4 Å². The molecule has 0 radical (unpaired) electrons. The van der Waals surface area contributed by atoms with Crippen molar-refractivity contribution in [2.45, 2.75) is 32.1 Å². The highest BCUT2D eigenvalue weighted by atomic mass is 79.9. The Balaban J connectivity index is 1.27. The summed E-state index contributed by atoms with van der Waals surface area (Å²) >= 11 is 3.40. The summed E-state index contributed by atoms with van der Waals surface area (Å²) < 4.78 is 49.1. The molecule has 0 bridgehead atoms. The summed E-state index contributed by atoms with van der Waals surface area (Å²) in [4.78, 5) is 34.6. The molecular weight excluding hydrogens is 637 g/mol. The number of fused-ring (bicyclic) bond motifs is 1. The van der Waals surface area contributed by atoms with Crippen LogP contribution in [0.3, 0.4) is 0 Å². The number of rotatable bonds is 13. The van der Waals surface area contributed by atoms with Crippen LogP contribution in [0.2, 0.25) is 0 Å². The lowest BCUT2D eigenvalue weighted by Crippen LogP contribution is -2.13. The molecule has 0 amide bonds. The smallest absolute Gasteiger partial charge is 0.497 e. The number of hydrogen-bond acceptors (Lipinski definition) is 12. The zero-order chi connectivity index (χ0) is 29.7. The van der Waals surface area contributed by atoms with E-state index in [1.165, 1.54) is 6.33 Å². The predicted octanol–water partition coefficient (Wildman–Crippen LogP) is 4.19. The zero-order valence-corrected chi connectivity index (χ0v) is 24.8. The van der Waals surface area contributed by atoms with E-state index in [9.17, 15) is 14.2 Å². The third-order valence-electron chi connectivity index (χ3n) is 6.24. The number of ether oxygens (including phenoxy) is 2. The average Bonchev–Trinajstić information content (AvgIpc) is 3.56. The van der Waals surface area contributed by atoms with Gasteiger partial charge in [0, 0.05) is 16.9 Å². The van der Waals surface area contributed by atoms with Crippen LogP contribution in [0.15, 0.2) is 77.5 Å². The van der Waals surface area contributed by atoms with Gasteiger partial charge in [-0.2, -0.15) is 4.98 Å². The van der Waals surface area contributed by atoms with Crippen LogP contribution in [0.25, 0.3) is 11.2 Å². The second kappa shape index (κ2) is 13.0. The number of nitrogens with zero attached hydrogens (tertiary/aromatic N) is 3. The Morgan fingerprint density at radius 3 is 2.83 bits per heavy atom. The summed E-state index contributed by atoms with van der Waals surface area (Å²) in [5, 5.41) is 0. The van der Waals surface area contributed by atoms with Gasteiger partial charge in [0.2, 0.25) is 5.95 Å². The van der Waals surface area contributed by atoms with E-state index >= 15 is 0 Å². The molecular formula is C26H27BrN5O9P. The molecule has 3 heterocycles. The molecule has 3 aromatic heterocycles. The van der Waals surface area contributed by atoms with Crippen LogP contribution in [0, 0.1) is 0 Å². The highest BCUT2D eigenvalue weighted by Gasteiger charge is 2.29. The molecule has 42 heavy (non-hydrogen) atoms. The van der Waals surface area contributed by atoms with Gasteiger partial charge in [0.25, 0.3) is 5.56 Å². The van der Waals surface area contributed by atoms with Crippen molar-refractivity contribution < 1.29 is 31.9 Å².